The molecule has 1 aliphatic rings. The Bertz CT molecular complexity index is 1250. The van der Waals surface area contributed by atoms with E-state index in [4.69, 9.17) is 9.64 Å². The number of nitrogens with one attached hydrogen (secondary N) is 1. The topological polar surface area (TPSA) is 41.1 Å². The van der Waals surface area contributed by atoms with Crippen molar-refractivity contribution >= 4 is 27.4 Å². The second-order valence-electron chi connectivity index (χ2n) is 6.82. The number of thiophene rings is 1. The van der Waals surface area contributed by atoms with Gasteiger partial charge in [0.1, 0.15) is 30.0 Å². The quantitative estimate of drug-likeness (QED) is 0.631. The molecule has 0 unspecified atom stereocenters. The number of hydrogen-bond acceptors (Lipinski definition) is 5. The highest BCUT2D eigenvalue weighted by molar-refractivity contribution is 7.18. The molecule has 1 N–H and O–H groups in total. The Morgan fingerprint density at radius 2 is 2.07 bits per heavy atom. The van der Waals surface area contributed by atoms with Crippen LogP contribution in [-0.4, -0.2) is 34.0 Å². The van der Waals surface area contributed by atoms with E-state index in [1.54, 1.807) is 13.8 Å². The molecule has 2 aromatic heterocycles. The molecule has 0 aliphatic carbocycles. The summed E-state index contributed by atoms with van der Waals surface area (Å²) in [6, 6.07) is 0.978. The van der Waals surface area contributed by atoms with Gasteiger partial charge in [-0.15, -0.1) is 11.3 Å². The van der Waals surface area contributed by atoms with Gasteiger partial charge in [-0.3, -0.25) is 4.90 Å². The third-order valence-electron chi connectivity index (χ3n) is 4.39. The Morgan fingerprint density at radius 3 is 2.75 bits per heavy atom. The van der Waals surface area contributed by atoms with Crippen molar-refractivity contribution in [2.45, 2.75) is 45.1 Å². The lowest BCUT2D eigenvalue weighted by Gasteiger charge is -2.32. The van der Waals surface area contributed by atoms with E-state index in [0.29, 0.717) is 15.8 Å². The lowest BCUT2D eigenvalue weighted by atomic mass is 10.0. The number of rotatable bonds is 5. The summed E-state index contributed by atoms with van der Waals surface area (Å²) < 4.78 is 86.7. The average Bonchev–Trinajstić information content (AvgIpc) is 3.09. The Hall–Kier alpha value is -2.12. The normalized spacial score (nSPS) is 21.8. The maximum atomic E-state index is 13.7. The van der Waals surface area contributed by atoms with Crippen molar-refractivity contribution in [3.63, 3.8) is 0 Å². The van der Waals surface area contributed by atoms with Crippen molar-refractivity contribution in [3.8, 4) is 0 Å². The zero-order valence-electron chi connectivity index (χ0n) is 22.5. The van der Waals surface area contributed by atoms with Crippen LogP contribution in [0.25, 0.3) is 10.2 Å². The molecule has 4 nitrogen and oxygen atoms in total. The first-order valence-corrected chi connectivity index (χ1v) is 9.74. The highest BCUT2D eigenvalue weighted by Crippen LogP contribution is 2.33. The lowest BCUT2D eigenvalue weighted by Crippen LogP contribution is -2.38. The van der Waals surface area contributed by atoms with Gasteiger partial charge in [-0.05, 0) is 42.5 Å². The van der Waals surface area contributed by atoms with Gasteiger partial charge in [-0.2, -0.15) is 0 Å². The molecule has 1 saturated heterocycles. The number of anilines is 1. The fourth-order valence-corrected chi connectivity index (χ4v) is 3.87. The highest BCUT2D eigenvalue weighted by Gasteiger charge is 2.21. The number of hydrogen-bond donors (Lipinski definition) is 1. The molecule has 3 heterocycles. The molecule has 0 amide bonds. The van der Waals surface area contributed by atoms with Crippen molar-refractivity contribution in [2.24, 2.45) is 0 Å². The van der Waals surface area contributed by atoms with Crippen molar-refractivity contribution in [2.75, 3.05) is 18.4 Å². The van der Waals surface area contributed by atoms with Crippen LogP contribution in [0, 0.1) is 11.6 Å². The van der Waals surface area contributed by atoms with Gasteiger partial charge in [0.05, 0.1) is 8.13 Å². The molecular weight excluding hydrogens is 378 g/mol. The zero-order chi connectivity index (χ0) is 25.9. The van der Waals surface area contributed by atoms with Gasteiger partial charge in [0.2, 0.25) is 0 Å². The predicted molar refractivity (Wildman–Crippen MR) is 110 cm³/mol. The number of aromatic nitrogens is 2. The van der Waals surface area contributed by atoms with Crippen LogP contribution in [0.4, 0.5) is 14.6 Å². The second kappa shape index (κ2) is 8.09. The zero-order valence-corrected chi connectivity index (χ0v) is 16.3. The van der Waals surface area contributed by atoms with Crippen molar-refractivity contribution < 1.29 is 18.4 Å². The van der Waals surface area contributed by atoms with Gasteiger partial charge < -0.3 is 5.31 Å². The predicted octanol–water partition coefficient (Wildman–Crippen LogP) is 5.17. The summed E-state index contributed by atoms with van der Waals surface area (Å²) in [5, 5.41) is 1.05. The SMILES string of the molecule is [2H]c1nc(N([2H])C2([2H])CCN(C([2H])([2H])c3cc(F)cc(F)c3)CC2)c2c([2H])c(C([2H])(C)C)sc2n1. The van der Waals surface area contributed by atoms with Gasteiger partial charge in [-0.25, -0.2) is 18.7 Å². The maximum absolute atomic E-state index is 13.7. The Balaban J connectivity index is 1.63. The van der Waals surface area contributed by atoms with E-state index < -0.39 is 30.0 Å². The van der Waals surface area contributed by atoms with Crippen LogP contribution in [-0.2, 0) is 6.50 Å². The van der Waals surface area contributed by atoms with Gasteiger partial charge >= 0.3 is 0 Å². The largest absolute Gasteiger partial charge is 0.367 e. The fourth-order valence-electron chi connectivity index (χ4n) is 2.99. The highest BCUT2D eigenvalue weighted by atomic mass is 32.1. The van der Waals surface area contributed by atoms with Gasteiger partial charge in [0.25, 0.3) is 0 Å². The fraction of sp³-hybridized carbons (Fsp3) is 0.429. The van der Waals surface area contributed by atoms with E-state index in [-0.39, 0.29) is 55.0 Å². The summed E-state index contributed by atoms with van der Waals surface area (Å²) >= 11 is 1.09. The number of benzene rings is 1. The first-order valence-electron chi connectivity index (χ1n) is 12.4. The van der Waals surface area contributed by atoms with Crippen LogP contribution in [0.3, 0.4) is 0 Å². The van der Waals surface area contributed by atoms with Gasteiger partial charge in [-0.1, -0.05) is 13.8 Å². The standard InChI is InChI=1S/C21H24F2N4S/c1-13(2)19-10-18-20(24-12-25-21(18)28-19)26-17-3-5-27(6-4-17)11-14-7-15(22)9-16(23)8-14/h7-10,12-13,17H,3-6,11H2,1-2H3,(H,24,25,26)/i10D,11D2,12D,13D,17D/hD. The number of likely N-dealkylation sites (tertiary alicyclic amines) is 1. The molecule has 0 spiro atoms. The first-order chi connectivity index (χ1) is 16.1. The van der Waals surface area contributed by atoms with E-state index in [1.807, 2.05) is 0 Å². The van der Waals surface area contributed by atoms with Crippen LogP contribution >= 0.6 is 11.3 Å². The van der Waals surface area contributed by atoms with E-state index in [9.17, 15) is 8.78 Å². The maximum Gasteiger partial charge on any atom is 0.162 e. The average molecular weight is 410 g/mol. The summed E-state index contributed by atoms with van der Waals surface area (Å²) in [6.07, 6.45) is -0.368. The van der Waals surface area contributed by atoms with E-state index in [0.717, 1.165) is 28.8 Å². The molecule has 4 rings (SSSR count). The summed E-state index contributed by atoms with van der Waals surface area (Å²) in [6.45, 7) is 1.11. The molecule has 3 aromatic rings. The summed E-state index contributed by atoms with van der Waals surface area (Å²) in [5.74, 6) is -2.94. The molecule has 0 radical (unpaired) electrons. The van der Waals surface area contributed by atoms with Crippen LogP contribution in [0.2, 0.25) is 1.41 Å². The molecule has 0 bridgehead atoms. The van der Waals surface area contributed by atoms with E-state index in [1.165, 1.54) is 4.90 Å². The monoisotopic (exact) mass is 409 g/mol. The van der Waals surface area contributed by atoms with Crippen LogP contribution in [0.5, 0.6) is 0 Å². The van der Waals surface area contributed by atoms with Crippen molar-refractivity contribution in [1.29, 1.82) is 0 Å². The van der Waals surface area contributed by atoms with Crippen molar-refractivity contribution in [3.05, 3.63) is 52.6 Å². The molecule has 1 aromatic carbocycles. The number of nitrogens with zero attached hydrogens (tertiary/aromatic N) is 3. The molecule has 28 heavy (non-hydrogen) atoms. The summed E-state index contributed by atoms with van der Waals surface area (Å²) in [5.41, 5.74) is -0.172. The minimum atomic E-state index is -2.19. The Labute approximate surface area is 177 Å². The molecular formula is C21H24F2N4S. The van der Waals surface area contributed by atoms with Crippen LogP contribution in [0.15, 0.2) is 30.5 Å². The molecule has 7 heteroatoms. The lowest BCUT2D eigenvalue weighted by molar-refractivity contribution is 0.211. The third kappa shape index (κ3) is 4.31. The van der Waals surface area contributed by atoms with E-state index in [2.05, 4.69) is 9.97 Å². The number of piperidine rings is 1. The first kappa shape index (κ1) is 12.4. The van der Waals surface area contributed by atoms with Gasteiger partial charge in [0, 0.05) is 40.7 Å². The number of halogens is 2. The molecule has 1 fully saturated rings. The molecule has 1 aliphatic heterocycles. The van der Waals surface area contributed by atoms with Crippen molar-refractivity contribution in [1.82, 2.24) is 14.9 Å². The Morgan fingerprint density at radius 1 is 1.36 bits per heavy atom. The number of fused-ring (bicyclic) bond motifs is 1. The van der Waals surface area contributed by atoms with E-state index >= 15 is 0 Å². The molecule has 148 valence electrons. The minimum Gasteiger partial charge on any atom is -0.367 e. The van der Waals surface area contributed by atoms with Crippen LogP contribution in [0.1, 0.15) is 51.2 Å². The molecule has 0 saturated carbocycles. The third-order valence-corrected chi connectivity index (χ3v) is 5.59. The second-order valence-corrected chi connectivity index (χ2v) is 7.82. The molecule has 0 atom stereocenters. The minimum absolute atomic E-state index is 0.000895. The van der Waals surface area contributed by atoms with Crippen LogP contribution < -0.4 is 5.31 Å². The van der Waals surface area contributed by atoms with Gasteiger partial charge in [0.15, 0.2) is 1.41 Å². The summed E-state index contributed by atoms with van der Waals surface area (Å²) in [4.78, 5) is 10.2. The Kier molecular flexibility index (Phi) is 3.60. The summed E-state index contributed by atoms with van der Waals surface area (Å²) in [7, 11) is 0. The smallest absolute Gasteiger partial charge is 0.162 e.